The Kier molecular flexibility index (Phi) is 7.41. The fourth-order valence-corrected chi connectivity index (χ4v) is 5.12. The molecule has 2 bridgehead atoms. The van der Waals surface area contributed by atoms with E-state index in [1.54, 1.807) is 17.8 Å². The molecule has 2 aromatic carbocycles. The second kappa shape index (κ2) is 11.0. The van der Waals surface area contributed by atoms with Crippen LogP contribution in [0, 0.1) is 5.92 Å². The van der Waals surface area contributed by atoms with E-state index in [1.807, 2.05) is 54.6 Å². The molecule has 0 spiro atoms. The van der Waals surface area contributed by atoms with E-state index in [0.29, 0.717) is 11.7 Å². The molecule has 3 fully saturated rings. The number of amides is 1. The first-order chi connectivity index (χ1) is 18.0. The van der Waals surface area contributed by atoms with E-state index in [9.17, 15) is 9.59 Å². The molecule has 0 radical (unpaired) electrons. The Morgan fingerprint density at radius 2 is 1.81 bits per heavy atom. The van der Waals surface area contributed by atoms with Gasteiger partial charge in [0.2, 0.25) is 0 Å². The van der Waals surface area contributed by atoms with Crippen molar-refractivity contribution >= 4 is 12.1 Å². The molecule has 1 aromatic heterocycles. The highest BCUT2D eigenvalue weighted by Crippen LogP contribution is 2.30. The van der Waals surface area contributed by atoms with Crippen LogP contribution in [0.25, 0.3) is 0 Å². The number of alkyl carbamates (subject to hydrolysis) is 1. The first kappa shape index (κ1) is 24.8. The Morgan fingerprint density at radius 3 is 2.51 bits per heavy atom. The summed E-state index contributed by atoms with van der Waals surface area (Å²) in [6.45, 7) is 3.21. The van der Waals surface area contributed by atoms with Gasteiger partial charge in [-0.25, -0.2) is 9.59 Å². The summed E-state index contributed by atoms with van der Waals surface area (Å²) in [6.07, 6.45) is 1.68. The smallest absolute Gasteiger partial charge is 0.408 e. The number of methoxy groups -OCH3 is 1. The van der Waals surface area contributed by atoms with Crippen LogP contribution in [0.2, 0.25) is 0 Å². The molecule has 0 saturated carbocycles. The van der Waals surface area contributed by atoms with Crippen molar-refractivity contribution in [1.29, 1.82) is 0 Å². The summed E-state index contributed by atoms with van der Waals surface area (Å²) < 4.78 is 18.3. The molecule has 1 N–H and O–H groups in total. The molecule has 3 aliphatic heterocycles. The van der Waals surface area contributed by atoms with Gasteiger partial charge >= 0.3 is 12.1 Å². The monoisotopic (exact) mass is 504 g/mol. The number of fused-ring (bicyclic) bond motifs is 3. The lowest BCUT2D eigenvalue weighted by atomic mass is 9.86. The predicted molar refractivity (Wildman–Crippen MR) is 136 cm³/mol. The van der Waals surface area contributed by atoms with Crippen molar-refractivity contribution in [3.8, 4) is 5.75 Å². The van der Waals surface area contributed by atoms with E-state index in [2.05, 4.69) is 15.3 Å². The lowest BCUT2D eigenvalue weighted by Gasteiger charge is -2.43. The summed E-state index contributed by atoms with van der Waals surface area (Å²) in [4.78, 5) is 27.2. The highest BCUT2D eigenvalue weighted by molar-refractivity contribution is 5.87. The number of benzene rings is 2. The van der Waals surface area contributed by atoms with Gasteiger partial charge in [0.25, 0.3) is 0 Å². The third-order valence-electron chi connectivity index (χ3n) is 7.20. The van der Waals surface area contributed by atoms with E-state index >= 15 is 0 Å². The topological polar surface area (TPSA) is 94.9 Å². The highest BCUT2D eigenvalue weighted by Gasteiger charge is 2.36. The molecule has 3 saturated heterocycles. The quantitative estimate of drug-likeness (QED) is 0.468. The Labute approximate surface area is 216 Å². The van der Waals surface area contributed by atoms with Gasteiger partial charge in [0, 0.05) is 13.6 Å². The number of aromatic nitrogens is 2. The minimum Gasteiger partial charge on any atom is -0.487 e. The van der Waals surface area contributed by atoms with E-state index in [0.717, 1.165) is 49.3 Å². The van der Waals surface area contributed by atoms with E-state index in [4.69, 9.17) is 14.2 Å². The number of carbonyl (C=O) groups excluding carboxylic acids is 2. The maximum Gasteiger partial charge on any atom is 0.408 e. The van der Waals surface area contributed by atoms with Gasteiger partial charge in [-0.15, -0.1) is 0 Å². The Hall–Kier alpha value is -3.85. The Morgan fingerprint density at radius 1 is 1.05 bits per heavy atom. The minimum atomic E-state index is -0.495. The summed E-state index contributed by atoms with van der Waals surface area (Å²) in [5.41, 5.74) is 2.77. The highest BCUT2D eigenvalue weighted by atomic mass is 16.6. The van der Waals surface area contributed by atoms with Gasteiger partial charge in [0.05, 0.1) is 18.8 Å². The first-order valence-electron chi connectivity index (χ1n) is 12.6. The molecule has 3 aromatic rings. The van der Waals surface area contributed by atoms with Gasteiger partial charge in [-0.3, -0.25) is 9.58 Å². The number of nitrogens with zero attached hydrogens (tertiary/aromatic N) is 3. The number of aryl methyl sites for hydroxylation is 1. The molecule has 1 amide bonds. The van der Waals surface area contributed by atoms with Crippen LogP contribution in [0.3, 0.4) is 0 Å². The van der Waals surface area contributed by atoms with Crippen LogP contribution < -0.4 is 10.1 Å². The molecule has 9 heteroatoms. The number of hydrogen-bond donors (Lipinski definition) is 1. The van der Waals surface area contributed by atoms with Crippen molar-refractivity contribution in [3.63, 3.8) is 0 Å². The number of rotatable bonds is 8. The standard InChI is InChI=1S/C28H32N4O5/c1-31-22(16-24(30-31)27(33)35-2)18-36-23-10-6-9-21(15-23)26(20-7-4-3-5-8-20)29-28(34)37-25-17-32-13-11-19(25)12-14-32/h3-10,15-16,19,25-26H,11-14,17-18H2,1-2H3,(H,29,34)/t25?,26-/m0/s1. The van der Waals surface area contributed by atoms with Crippen molar-refractivity contribution in [3.05, 3.63) is 83.2 Å². The Balaban J connectivity index is 1.30. The molecule has 4 heterocycles. The van der Waals surface area contributed by atoms with Crippen LogP contribution in [-0.2, 0) is 23.1 Å². The minimum absolute atomic E-state index is 0.0673. The molecule has 3 aliphatic rings. The molecule has 6 rings (SSSR count). The van der Waals surface area contributed by atoms with Gasteiger partial charge in [-0.05, 0) is 61.2 Å². The second-order valence-corrected chi connectivity index (χ2v) is 9.57. The maximum absolute atomic E-state index is 13.0. The number of piperidine rings is 3. The summed E-state index contributed by atoms with van der Waals surface area (Å²) in [5.74, 6) is 0.576. The summed E-state index contributed by atoms with van der Waals surface area (Å²) >= 11 is 0. The molecule has 1 unspecified atom stereocenters. The zero-order valence-corrected chi connectivity index (χ0v) is 21.1. The maximum atomic E-state index is 13.0. The van der Waals surface area contributed by atoms with Crippen molar-refractivity contribution in [2.45, 2.75) is 31.6 Å². The average molecular weight is 505 g/mol. The largest absolute Gasteiger partial charge is 0.487 e. The van der Waals surface area contributed by atoms with Crippen LogP contribution >= 0.6 is 0 Å². The van der Waals surface area contributed by atoms with E-state index < -0.39 is 18.1 Å². The number of ether oxygens (including phenoxy) is 3. The molecular formula is C28H32N4O5. The Bertz CT molecular complexity index is 1240. The SMILES string of the molecule is COC(=O)c1cc(COc2cccc([C@@H](NC(=O)OC3CN4CCC3CC4)c3ccccc3)c2)n(C)n1. The van der Waals surface area contributed by atoms with Crippen LogP contribution in [0.1, 0.15) is 46.2 Å². The van der Waals surface area contributed by atoms with Crippen LogP contribution in [-0.4, -0.2) is 59.6 Å². The normalized spacial score (nSPS) is 21.2. The van der Waals surface area contributed by atoms with Gasteiger partial charge < -0.3 is 19.5 Å². The fraction of sp³-hybridized carbons (Fsp3) is 0.393. The first-order valence-corrected chi connectivity index (χ1v) is 12.6. The van der Waals surface area contributed by atoms with Crippen molar-refractivity contribution in [1.82, 2.24) is 20.0 Å². The van der Waals surface area contributed by atoms with E-state index in [-0.39, 0.29) is 18.4 Å². The molecule has 9 nitrogen and oxygen atoms in total. The third kappa shape index (κ3) is 5.77. The molecule has 194 valence electrons. The van der Waals surface area contributed by atoms with Crippen molar-refractivity contribution in [2.24, 2.45) is 13.0 Å². The summed E-state index contributed by atoms with van der Waals surface area (Å²) in [5, 5.41) is 7.26. The zero-order valence-electron chi connectivity index (χ0n) is 21.1. The van der Waals surface area contributed by atoms with Crippen molar-refractivity contribution < 1.29 is 23.8 Å². The fourth-order valence-electron chi connectivity index (χ4n) is 5.12. The van der Waals surface area contributed by atoms with Crippen LogP contribution in [0.5, 0.6) is 5.75 Å². The van der Waals surface area contributed by atoms with Crippen LogP contribution in [0.4, 0.5) is 4.79 Å². The molecule has 2 atom stereocenters. The van der Waals surface area contributed by atoms with Gasteiger partial charge in [-0.1, -0.05) is 42.5 Å². The number of nitrogens with one attached hydrogen (secondary N) is 1. The average Bonchev–Trinajstić information content (AvgIpc) is 3.31. The van der Waals surface area contributed by atoms with Gasteiger partial charge in [-0.2, -0.15) is 5.10 Å². The second-order valence-electron chi connectivity index (χ2n) is 9.57. The summed E-state index contributed by atoms with van der Waals surface area (Å²) in [6, 6.07) is 18.7. The number of hydrogen-bond acceptors (Lipinski definition) is 7. The lowest BCUT2D eigenvalue weighted by Crippen LogP contribution is -2.52. The van der Waals surface area contributed by atoms with Crippen molar-refractivity contribution in [2.75, 3.05) is 26.7 Å². The molecular weight excluding hydrogens is 472 g/mol. The van der Waals surface area contributed by atoms with E-state index in [1.165, 1.54) is 7.11 Å². The number of esters is 1. The molecule has 37 heavy (non-hydrogen) atoms. The van der Waals surface area contributed by atoms with Gasteiger partial charge in [0.1, 0.15) is 18.5 Å². The molecule has 0 aliphatic carbocycles. The summed E-state index contributed by atoms with van der Waals surface area (Å²) in [7, 11) is 3.07. The van der Waals surface area contributed by atoms with Gasteiger partial charge in [0.15, 0.2) is 5.69 Å². The zero-order chi connectivity index (χ0) is 25.8. The lowest BCUT2D eigenvalue weighted by molar-refractivity contribution is -0.0336. The third-order valence-corrected chi connectivity index (χ3v) is 7.20. The number of carbonyl (C=O) groups is 2. The predicted octanol–water partition coefficient (Wildman–Crippen LogP) is 3.70. The van der Waals surface area contributed by atoms with Crippen LogP contribution in [0.15, 0.2) is 60.7 Å².